The topological polar surface area (TPSA) is 87.2 Å². The lowest BCUT2D eigenvalue weighted by Crippen LogP contribution is -2.14. The number of hydrogen-bond donors (Lipinski definition) is 3. The van der Waals surface area contributed by atoms with Crippen LogP contribution in [0.2, 0.25) is 0 Å². The average molecular weight is 350 g/mol. The van der Waals surface area contributed by atoms with E-state index in [0.29, 0.717) is 5.69 Å². The number of aliphatic hydroxyl groups is 1. The van der Waals surface area contributed by atoms with Crippen molar-refractivity contribution in [2.75, 3.05) is 5.73 Å². The summed E-state index contributed by atoms with van der Waals surface area (Å²) in [5.74, 6) is 27.5. The number of hydrogen-bond acceptors (Lipinski definition) is 4. The van der Waals surface area contributed by atoms with E-state index in [4.69, 9.17) is 17.1 Å². The Bertz CT molecular complexity index is 921. The molecule has 0 fully saturated rings. The predicted molar refractivity (Wildman–Crippen MR) is 114 cm³/mol. The molecule has 0 aliphatic heterocycles. The van der Waals surface area contributed by atoms with E-state index in [9.17, 15) is 5.11 Å². The summed E-state index contributed by atoms with van der Waals surface area (Å²) < 4.78 is 0. The van der Waals surface area contributed by atoms with Crippen molar-refractivity contribution in [3.8, 4) is 71.5 Å². The maximum absolute atomic E-state index is 9.34. The first-order valence-corrected chi connectivity index (χ1v) is 7.08. The van der Waals surface area contributed by atoms with Gasteiger partial charge >= 0.3 is 0 Å². The van der Waals surface area contributed by atoms with E-state index in [1.54, 1.807) is 32.9 Å². The molecule has 1 rings (SSSR count). The molecule has 1 aromatic carbocycles. The third kappa shape index (κ3) is 18.0. The lowest BCUT2D eigenvalue weighted by atomic mass is 10.1. The van der Waals surface area contributed by atoms with Crippen molar-refractivity contribution in [2.45, 2.75) is 26.4 Å². The third-order valence-electron chi connectivity index (χ3n) is 2.00. The molecule has 0 unspecified atom stereocenters. The Balaban J connectivity index is -0.0000000796. The largest absolute Gasteiger partial charge is 0.399 e. The van der Waals surface area contributed by atoms with Crippen molar-refractivity contribution < 1.29 is 10.8 Å². The number of nitrogens with one attached hydrogen (secondary N) is 1. The molecule has 4 heteroatoms. The molecule has 0 bridgehead atoms. The normalized spacial score (nSPS) is 6.88. The molecule has 136 valence electrons. The van der Waals surface area contributed by atoms with E-state index >= 15 is 0 Å². The summed E-state index contributed by atoms with van der Waals surface area (Å²) in [5.41, 5.74) is 10.6. The Morgan fingerprint density at radius 3 is 1.88 bits per heavy atom. The van der Waals surface area contributed by atoms with Gasteiger partial charge in [-0.15, -0.1) is 6.42 Å². The Hall–Kier alpha value is -4.06. The van der Waals surface area contributed by atoms with Crippen LogP contribution in [0.1, 0.15) is 32.0 Å². The number of terminal acetylenes is 1. The van der Waals surface area contributed by atoms with Gasteiger partial charge in [-0.25, -0.2) is 0 Å². The molecular weight excluding hydrogens is 324 g/mol. The summed E-state index contributed by atoms with van der Waals surface area (Å²) in [5, 5.41) is 9.34. The van der Waals surface area contributed by atoms with E-state index in [1.165, 1.54) is 0 Å². The van der Waals surface area contributed by atoms with Crippen molar-refractivity contribution in [3.63, 3.8) is 0 Å². The fraction of sp³-hybridized carbons (Fsp3) is 0.182. The highest BCUT2D eigenvalue weighted by molar-refractivity contribution is 5.45. The van der Waals surface area contributed by atoms with Gasteiger partial charge in [-0.2, -0.15) is 4.91 Å². The van der Waals surface area contributed by atoms with Gasteiger partial charge in [-0.3, -0.25) is 0 Å². The molecule has 0 spiro atoms. The molecular formula is C22H26N2O2. The van der Waals surface area contributed by atoms with Crippen LogP contribution in [0.15, 0.2) is 24.3 Å². The van der Waals surface area contributed by atoms with Gasteiger partial charge in [-0.05, 0) is 92.4 Å². The molecule has 0 heterocycles. The number of benzene rings is 1. The lowest BCUT2D eigenvalue weighted by molar-refractivity contribution is 0.143. The summed E-state index contributed by atoms with van der Waals surface area (Å²) in [6, 6.07) is 7.23. The minimum absolute atomic E-state index is 0. The predicted octanol–water partition coefficient (Wildman–Crippen LogP) is 3.36. The SMILES string of the molecule is C#CC#CC#CC#CC#CC.CC(C)(O)C#Cc1ccc(N)cc1.N=O.[HH].[HH].[HH].[HH]. The van der Waals surface area contributed by atoms with Crippen LogP contribution in [0.25, 0.3) is 0 Å². The number of nitrogen functional groups attached to an aromatic ring is 1. The van der Waals surface area contributed by atoms with Crippen molar-refractivity contribution in [2.24, 2.45) is 0 Å². The second-order valence-electron chi connectivity index (χ2n) is 4.70. The lowest BCUT2D eigenvalue weighted by Gasteiger charge is -2.05. The molecule has 0 aliphatic rings. The molecule has 0 aromatic heterocycles. The van der Waals surface area contributed by atoms with E-state index in [0.717, 1.165) is 5.56 Å². The van der Waals surface area contributed by atoms with Crippen molar-refractivity contribution in [1.82, 2.24) is 0 Å². The second kappa shape index (κ2) is 15.8. The number of nitrogens with two attached hydrogens (primary N) is 1. The molecule has 0 radical (unpaired) electrons. The van der Waals surface area contributed by atoms with Gasteiger partial charge < -0.3 is 10.8 Å². The van der Waals surface area contributed by atoms with Crippen LogP contribution in [0, 0.1) is 82.0 Å². The zero-order valence-corrected chi connectivity index (χ0v) is 14.8. The van der Waals surface area contributed by atoms with Gasteiger partial charge in [0.2, 0.25) is 0 Å². The minimum Gasteiger partial charge on any atom is -0.399 e. The van der Waals surface area contributed by atoms with Crippen LogP contribution < -0.4 is 5.73 Å². The summed E-state index contributed by atoms with van der Waals surface area (Å²) in [7, 11) is 0. The van der Waals surface area contributed by atoms with Gasteiger partial charge in [0.25, 0.3) is 0 Å². The van der Waals surface area contributed by atoms with Crippen LogP contribution >= 0.6 is 0 Å². The van der Waals surface area contributed by atoms with Crippen molar-refractivity contribution >= 4 is 5.69 Å². The summed E-state index contributed by atoms with van der Waals surface area (Å²) in [6.07, 6.45) is 4.84. The van der Waals surface area contributed by atoms with E-state index in [1.807, 2.05) is 12.1 Å². The quantitative estimate of drug-likeness (QED) is 0.381. The van der Waals surface area contributed by atoms with Gasteiger partial charge in [0.1, 0.15) is 5.60 Å². The molecule has 0 aliphatic carbocycles. The molecule has 0 saturated carbocycles. The molecule has 0 atom stereocenters. The first kappa shape index (κ1) is 24.2. The highest BCUT2D eigenvalue weighted by Crippen LogP contribution is 2.05. The molecule has 4 nitrogen and oxygen atoms in total. The van der Waals surface area contributed by atoms with Gasteiger partial charge in [-0.1, -0.05) is 23.4 Å². The Labute approximate surface area is 161 Å². The van der Waals surface area contributed by atoms with Gasteiger partial charge in [0.15, 0.2) is 0 Å². The first-order chi connectivity index (χ1) is 12.4. The Morgan fingerprint density at radius 2 is 1.46 bits per heavy atom. The van der Waals surface area contributed by atoms with Crippen molar-refractivity contribution in [3.05, 3.63) is 34.7 Å². The summed E-state index contributed by atoms with van der Waals surface area (Å²) >= 11 is 0. The van der Waals surface area contributed by atoms with Crippen molar-refractivity contribution in [1.29, 1.82) is 5.59 Å². The van der Waals surface area contributed by atoms with Crippen LogP contribution in [0.3, 0.4) is 0 Å². The molecule has 0 saturated heterocycles. The van der Waals surface area contributed by atoms with Crippen LogP contribution in [0.5, 0.6) is 0 Å². The smallest absolute Gasteiger partial charge is 0.120 e. The van der Waals surface area contributed by atoms with Gasteiger partial charge in [0, 0.05) is 17.0 Å². The standard InChI is InChI=1S/C11H13NO.C11H4.HNO.4H2/c1-11(2,13)8-7-9-3-5-10(12)6-4-9;1-3-5-7-9-11-10-8-6-4-2;1-2;;;;/h3-6,13H,12H2,1-2H3;1H,2H3;1H;4*1H. The molecule has 26 heavy (non-hydrogen) atoms. The number of nitroso groups, excluding NO2 is 1. The average Bonchev–Trinajstić information content (AvgIpc) is 2.62. The number of rotatable bonds is 0. The maximum atomic E-state index is 9.34. The Morgan fingerprint density at radius 1 is 1.00 bits per heavy atom. The third-order valence-corrected chi connectivity index (χ3v) is 2.00. The monoisotopic (exact) mass is 350 g/mol. The van der Waals surface area contributed by atoms with Crippen LogP contribution in [-0.2, 0) is 0 Å². The van der Waals surface area contributed by atoms with E-state index in [-0.39, 0.29) is 5.71 Å². The number of anilines is 1. The summed E-state index contributed by atoms with van der Waals surface area (Å²) in [4.78, 5) is 7.50. The van der Waals surface area contributed by atoms with Gasteiger partial charge in [0.05, 0.1) is 0 Å². The van der Waals surface area contributed by atoms with Crippen LogP contribution in [0.4, 0.5) is 5.69 Å². The molecule has 4 N–H and O–H groups in total. The first-order valence-electron chi connectivity index (χ1n) is 7.08. The maximum Gasteiger partial charge on any atom is 0.120 e. The summed E-state index contributed by atoms with van der Waals surface area (Å²) in [6.45, 7) is 5.01. The minimum atomic E-state index is -0.943. The highest BCUT2D eigenvalue weighted by Gasteiger charge is 2.05. The fourth-order valence-electron chi connectivity index (χ4n) is 1.05. The zero-order valence-electron chi connectivity index (χ0n) is 14.8. The molecule has 0 amide bonds. The van der Waals surface area contributed by atoms with E-state index in [2.05, 4.69) is 70.7 Å². The highest BCUT2D eigenvalue weighted by atomic mass is 16.3. The Kier molecular flexibility index (Phi) is 14.7. The second-order valence-corrected chi connectivity index (χ2v) is 4.70. The molecule has 1 aromatic rings. The zero-order chi connectivity index (χ0) is 20.3. The van der Waals surface area contributed by atoms with Crippen LogP contribution in [-0.4, -0.2) is 10.7 Å². The fourth-order valence-corrected chi connectivity index (χ4v) is 1.05. The van der Waals surface area contributed by atoms with E-state index < -0.39 is 5.60 Å².